The number of pyridine rings is 1. The minimum absolute atomic E-state index is 0.339. The van der Waals surface area contributed by atoms with Crippen LogP contribution in [0.3, 0.4) is 0 Å². The second kappa shape index (κ2) is 4.69. The summed E-state index contributed by atoms with van der Waals surface area (Å²) in [7, 11) is 0. The van der Waals surface area contributed by atoms with Crippen molar-refractivity contribution in [2.24, 2.45) is 0 Å². The van der Waals surface area contributed by atoms with Gasteiger partial charge in [-0.05, 0) is 30.3 Å². The van der Waals surface area contributed by atoms with Crippen LogP contribution in [0.5, 0.6) is 0 Å². The molecule has 0 spiro atoms. The third kappa shape index (κ3) is 2.63. The Labute approximate surface area is 96.1 Å². The second-order valence-electron chi connectivity index (χ2n) is 3.32. The maximum atomic E-state index is 13.3. The largest absolute Gasteiger partial charge is 0.320 e. The highest BCUT2D eigenvalue weighted by Crippen LogP contribution is 2.12. The number of nitrogens with zero attached hydrogens (tertiary/aromatic N) is 1. The summed E-state index contributed by atoms with van der Waals surface area (Å²) in [6, 6.07) is 5.93. The first-order valence-corrected chi connectivity index (χ1v) is 4.83. The maximum Gasteiger partial charge on any atom is 0.258 e. The van der Waals surface area contributed by atoms with E-state index in [1.54, 1.807) is 18.3 Å². The average Bonchev–Trinajstić information content (AvgIpc) is 2.33. The number of nitrogens with one attached hydrogen (secondary N) is 1. The van der Waals surface area contributed by atoms with E-state index in [0.717, 1.165) is 18.2 Å². The van der Waals surface area contributed by atoms with Crippen molar-refractivity contribution in [3.63, 3.8) is 0 Å². The van der Waals surface area contributed by atoms with Gasteiger partial charge >= 0.3 is 0 Å². The number of carbonyl (C=O) groups excluding carboxylic acids is 1. The minimum Gasteiger partial charge on any atom is -0.320 e. The molecule has 17 heavy (non-hydrogen) atoms. The van der Waals surface area contributed by atoms with Gasteiger partial charge in [0.1, 0.15) is 11.6 Å². The van der Waals surface area contributed by atoms with E-state index in [-0.39, 0.29) is 5.56 Å². The zero-order chi connectivity index (χ0) is 12.3. The van der Waals surface area contributed by atoms with Crippen LogP contribution in [-0.4, -0.2) is 10.9 Å². The summed E-state index contributed by atoms with van der Waals surface area (Å²) in [5.41, 5.74) is 0.0787. The highest BCUT2D eigenvalue weighted by Gasteiger charge is 2.12. The van der Waals surface area contributed by atoms with Crippen LogP contribution in [0.25, 0.3) is 0 Å². The molecule has 0 fully saturated rings. The Morgan fingerprint density at radius 3 is 2.76 bits per heavy atom. The summed E-state index contributed by atoms with van der Waals surface area (Å²) in [5.74, 6) is -2.15. The van der Waals surface area contributed by atoms with Crippen LogP contribution in [0, 0.1) is 11.6 Å². The number of hydrogen-bond acceptors (Lipinski definition) is 2. The fourth-order valence-electron chi connectivity index (χ4n) is 1.31. The molecule has 2 aromatic rings. The normalized spacial score (nSPS) is 10.0. The van der Waals surface area contributed by atoms with Gasteiger partial charge in [-0.2, -0.15) is 0 Å². The van der Waals surface area contributed by atoms with Crippen LogP contribution in [0.15, 0.2) is 42.7 Å². The Morgan fingerprint density at radius 2 is 2.06 bits per heavy atom. The molecule has 0 unspecified atom stereocenters. The van der Waals surface area contributed by atoms with E-state index in [0.29, 0.717) is 5.69 Å². The molecule has 1 amide bonds. The fraction of sp³-hybridized carbons (Fsp3) is 0. The predicted molar refractivity (Wildman–Crippen MR) is 58.5 cm³/mol. The summed E-state index contributed by atoms with van der Waals surface area (Å²) in [4.78, 5) is 15.4. The van der Waals surface area contributed by atoms with Crippen molar-refractivity contribution in [2.75, 3.05) is 5.32 Å². The van der Waals surface area contributed by atoms with Gasteiger partial charge in [0, 0.05) is 6.20 Å². The van der Waals surface area contributed by atoms with Crippen LogP contribution in [0.1, 0.15) is 10.4 Å². The molecule has 1 aromatic carbocycles. The predicted octanol–water partition coefficient (Wildman–Crippen LogP) is 2.61. The molecule has 0 aliphatic rings. The third-order valence-corrected chi connectivity index (χ3v) is 2.09. The highest BCUT2D eigenvalue weighted by molar-refractivity contribution is 6.04. The molecule has 1 heterocycles. The summed E-state index contributed by atoms with van der Waals surface area (Å²) in [5, 5.41) is 2.42. The van der Waals surface area contributed by atoms with E-state index in [4.69, 9.17) is 0 Å². The van der Waals surface area contributed by atoms with E-state index in [1.807, 2.05) is 0 Å². The van der Waals surface area contributed by atoms with E-state index in [9.17, 15) is 13.6 Å². The van der Waals surface area contributed by atoms with Crippen LogP contribution in [-0.2, 0) is 0 Å². The van der Waals surface area contributed by atoms with Gasteiger partial charge < -0.3 is 5.32 Å². The zero-order valence-corrected chi connectivity index (χ0v) is 8.65. The molecule has 0 saturated heterocycles. The molecule has 5 heteroatoms. The lowest BCUT2D eigenvalue weighted by molar-refractivity contribution is 0.102. The van der Waals surface area contributed by atoms with Crippen LogP contribution >= 0.6 is 0 Å². The standard InChI is InChI=1S/C12H8F2N2O/c13-8-3-4-11(14)10(6-8)12(17)16-9-2-1-5-15-7-9/h1-7H,(H,16,17). The zero-order valence-electron chi connectivity index (χ0n) is 8.65. The van der Waals surface area contributed by atoms with Gasteiger partial charge in [0.2, 0.25) is 0 Å². The molecular formula is C12H8F2N2O. The molecule has 0 saturated carbocycles. The first kappa shape index (κ1) is 11.2. The lowest BCUT2D eigenvalue weighted by Gasteiger charge is -2.05. The molecule has 0 atom stereocenters. The maximum absolute atomic E-state index is 13.3. The van der Waals surface area contributed by atoms with Gasteiger partial charge in [0.25, 0.3) is 5.91 Å². The molecule has 0 aliphatic heterocycles. The van der Waals surface area contributed by atoms with E-state index >= 15 is 0 Å². The first-order chi connectivity index (χ1) is 8.16. The van der Waals surface area contributed by atoms with Crippen LogP contribution in [0.2, 0.25) is 0 Å². The van der Waals surface area contributed by atoms with Crippen molar-refractivity contribution in [3.8, 4) is 0 Å². The molecule has 1 N–H and O–H groups in total. The summed E-state index contributed by atoms with van der Waals surface area (Å²) < 4.78 is 26.2. The van der Waals surface area contributed by atoms with Crippen LogP contribution in [0.4, 0.5) is 14.5 Å². The number of hydrogen-bond donors (Lipinski definition) is 1. The van der Waals surface area contributed by atoms with Crippen molar-refractivity contribution in [3.05, 3.63) is 59.9 Å². The van der Waals surface area contributed by atoms with E-state index < -0.39 is 17.5 Å². The van der Waals surface area contributed by atoms with Crippen molar-refractivity contribution >= 4 is 11.6 Å². The Bertz CT molecular complexity index is 543. The average molecular weight is 234 g/mol. The quantitative estimate of drug-likeness (QED) is 0.867. The Balaban J connectivity index is 2.23. The Hall–Kier alpha value is -2.30. The van der Waals surface area contributed by atoms with Gasteiger partial charge in [-0.15, -0.1) is 0 Å². The van der Waals surface area contributed by atoms with Gasteiger partial charge in [0.15, 0.2) is 0 Å². The molecular weight excluding hydrogens is 226 g/mol. The third-order valence-electron chi connectivity index (χ3n) is 2.09. The SMILES string of the molecule is O=C(Nc1cccnc1)c1cc(F)ccc1F. The molecule has 1 aromatic heterocycles. The van der Waals surface area contributed by atoms with Crippen molar-refractivity contribution < 1.29 is 13.6 Å². The molecule has 3 nitrogen and oxygen atoms in total. The number of benzene rings is 1. The summed E-state index contributed by atoms with van der Waals surface area (Å²) >= 11 is 0. The summed E-state index contributed by atoms with van der Waals surface area (Å²) in [6.07, 6.45) is 2.95. The highest BCUT2D eigenvalue weighted by atomic mass is 19.1. The smallest absolute Gasteiger partial charge is 0.258 e. The van der Waals surface area contributed by atoms with Gasteiger partial charge in [-0.1, -0.05) is 0 Å². The topological polar surface area (TPSA) is 42.0 Å². The van der Waals surface area contributed by atoms with Crippen molar-refractivity contribution in [1.82, 2.24) is 4.98 Å². The Kier molecular flexibility index (Phi) is 3.09. The van der Waals surface area contributed by atoms with Crippen molar-refractivity contribution in [1.29, 1.82) is 0 Å². The molecule has 86 valence electrons. The second-order valence-corrected chi connectivity index (χ2v) is 3.32. The molecule has 0 radical (unpaired) electrons. The number of amides is 1. The fourth-order valence-corrected chi connectivity index (χ4v) is 1.31. The number of carbonyl (C=O) groups is 1. The van der Waals surface area contributed by atoms with Gasteiger partial charge in [0.05, 0.1) is 17.4 Å². The molecule has 2 rings (SSSR count). The first-order valence-electron chi connectivity index (χ1n) is 4.83. The number of anilines is 1. The number of halogens is 2. The lowest BCUT2D eigenvalue weighted by atomic mass is 10.2. The van der Waals surface area contributed by atoms with Gasteiger partial charge in [-0.3, -0.25) is 9.78 Å². The number of aromatic nitrogens is 1. The molecule has 0 aliphatic carbocycles. The monoisotopic (exact) mass is 234 g/mol. The number of rotatable bonds is 2. The lowest BCUT2D eigenvalue weighted by Crippen LogP contribution is -2.14. The molecule has 0 bridgehead atoms. The van der Waals surface area contributed by atoms with E-state index in [1.165, 1.54) is 6.20 Å². The summed E-state index contributed by atoms with van der Waals surface area (Å²) in [6.45, 7) is 0. The van der Waals surface area contributed by atoms with Crippen molar-refractivity contribution in [2.45, 2.75) is 0 Å². The van der Waals surface area contributed by atoms with Gasteiger partial charge in [-0.25, -0.2) is 8.78 Å². The van der Waals surface area contributed by atoms with Crippen LogP contribution < -0.4 is 5.32 Å². The minimum atomic E-state index is -0.771. The van der Waals surface area contributed by atoms with E-state index in [2.05, 4.69) is 10.3 Å². The Morgan fingerprint density at radius 1 is 1.24 bits per heavy atom.